The number of nitrogens with zero attached hydrogens (tertiary/aromatic N) is 2. The fourth-order valence-corrected chi connectivity index (χ4v) is 2.77. The van der Waals surface area contributed by atoms with Crippen LogP contribution >= 0.6 is 0 Å². The zero-order valence-electron chi connectivity index (χ0n) is 14.6. The number of alkyl halides is 6. The van der Waals surface area contributed by atoms with E-state index in [0.717, 1.165) is 34.5 Å². The number of benzene rings is 2. The highest BCUT2D eigenvalue weighted by atomic mass is 19.4. The second-order valence-electron chi connectivity index (χ2n) is 6.34. The maximum Gasteiger partial charge on any atom is 0.435 e. The highest BCUT2D eigenvalue weighted by molar-refractivity contribution is 5.62. The summed E-state index contributed by atoms with van der Waals surface area (Å²) >= 11 is 0. The summed E-state index contributed by atoms with van der Waals surface area (Å²) in [4.78, 5) is 0. The van der Waals surface area contributed by atoms with Crippen molar-refractivity contribution in [3.05, 3.63) is 70.9 Å². The highest BCUT2D eigenvalue weighted by Gasteiger charge is 2.36. The Morgan fingerprint density at radius 3 is 2.25 bits per heavy atom. The fraction of sp³-hybridized carbons (Fsp3) is 0.211. The van der Waals surface area contributed by atoms with E-state index in [1.807, 2.05) is 0 Å². The first kappa shape index (κ1) is 19.8. The summed E-state index contributed by atoms with van der Waals surface area (Å²) in [5, 5.41) is 3.58. The minimum Gasteiger partial charge on any atom is -0.399 e. The molecular weight excluding hydrogens is 384 g/mol. The molecule has 148 valence electrons. The SMILES string of the molecule is Cc1cc(Cn2nc(C(F)(F)F)cc2-c2cccc(C(F)(F)F)c2)ccc1N. The Morgan fingerprint density at radius 2 is 1.64 bits per heavy atom. The van der Waals surface area contributed by atoms with E-state index in [1.54, 1.807) is 25.1 Å². The molecule has 0 aliphatic rings. The van der Waals surface area contributed by atoms with Gasteiger partial charge in [0.1, 0.15) is 0 Å². The lowest BCUT2D eigenvalue weighted by atomic mass is 10.1. The summed E-state index contributed by atoms with van der Waals surface area (Å²) in [6.45, 7) is 1.69. The number of nitrogens with two attached hydrogens (primary N) is 1. The van der Waals surface area contributed by atoms with Crippen molar-refractivity contribution in [3.8, 4) is 11.3 Å². The first-order chi connectivity index (χ1) is 12.9. The highest BCUT2D eigenvalue weighted by Crippen LogP contribution is 2.35. The smallest absolute Gasteiger partial charge is 0.399 e. The summed E-state index contributed by atoms with van der Waals surface area (Å²) in [5.41, 5.74) is 5.43. The van der Waals surface area contributed by atoms with E-state index in [1.165, 1.54) is 6.07 Å². The van der Waals surface area contributed by atoms with Gasteiger partial charge in [0.05, 0.1) is 17.8 Å². The molecule has 0 fully saturated rings. The Hall–Kier alpha value is -2.97. The predicted molar refractivity (Wildman–Crippen MR) is 92.4 cm³/mol. The zero-order valence-corrected chi connectivity index (χ0v) is 14.6. The van der Waals surface area contributed by atoms with Crippen molar-refractivity contribution in [2.24, 2.45) is 0 Å². The minimum absolute atomic E-state index is 0.00927. The Kier molecular flexibility index (Phi) is 4.86. The van der Waals surface area contributed by atoms with Crippen molar-refractivity contribution < 1.29 is 26.3 Å². The van der Waals surface area contributed by atoms with Gasteiger partial charge in [-0.25, -0.2) is 0 Å². The van der Waals surface area contributed by atoms with Gasteiger partial charge >= 0.3 is 12.4 Å². The fourth-order valence-electron chi connectivity index (χ4n) is 2.77. The molecule has 0 atom stereocenters. The van der Waals surface area contributed by atoms with Gasteiger partial charge in [-0.2, -0.15) is 31.4 Å². The van der Waals surface area contributed by atoms with Crippen LogP contribution in [0.1, 0.15) is 22.4 Å². The molecular formula is C19H15F6N3. The average molecular weight is 399 g/mol. The number of aryl methyl sites for hydroxylation is 1. The second-order valence-corrected chi connectivity index (χ2v) is 6.34. The van der Waals surface area contributed by atoms with Gasteiger partial charge in [-0.15, -0.1) is 0 Å². The van der Waals surface area contributed by atoms with Crippen LogP contribution < -0.4 is 5.73 Å². The maximum atomic E-state index is 13.1. The molecule has 0 radical (unpaired) electrons. The van der Waals surface area contributed by atoms with E-state index in [-0.39, 0.29) is 17.8 Å². The normalized spacial score (nSPS) is 12.4. The van der Waals surface area contributed by atoms with Crippen LogP contribution in [0.25, 0.3) is 11.3 Å². The van der Waals surface area contributed by atoms with Crippen LogP contribution in [-0.4, -0.2) is 9.78 Å². The van der Waals surface area contributed by atoms with Crippen molar-refractivity contribution in [1.29, 1.82) is 0 Å². The maximum absolute atomic E-state index is 13.1. The van der Waals surface area contributed by atoms with Crippen LogP contribution in [0.2, 0.25) is 0 Å². The summed E-state index contributed by atoms with van der Waals surface area (Å²) in [6.07, 6.45) is -9.33. The molecule has 0 saturated heterocycles. The van der Waals surface area contributed by atoms with Gasteiger partial charge in [-0.3, -0.25) is 4.68 Å². The molecule has 3 rings (SSSR count). The van der Waals surface area contributed by atoms with E-state index in [9.17, 15) is 26.3 Å². The lowest BCUT2D eigenvalue weighted by Gasteiger charge is -2.11. The van der Waals surface area contributed by atoms with Crippen LogP contribution in [-0.2, 0) is 18.9 Å². The molecule has 1 heterocycles. The first-order valence-electron chi connectivity index (χ1n) is 8.13. The predicted octanol–water partition coefficient (Wildman–Crippen LogP) is 5.53. The molecule has 2 N–H and O–H groups in total. The number of anilines is 1. The van der Waals surface area contributed by atoms with Crippen molar-refractivity contribution in [2.45, 2.75) is 25.8 Å². The summed E-state index contributed by atoms with van der Waals surface area (Å²) in [6, 6.07) is 9.82. The minimum atomic E-state index is -4.72. The Morgan fingerprint density at radius 1 is 0.929 bits per heavy atom. The van der Waals surface area contributed by atoms with E-state index in [0.29, 0.717) is 11.3 Å². The van der Waals surface area contributed by atoms with Gasteiger partial charge in [0.2, 0.25) is 0 Å². The molecule has 0 saturated carbocycles. The van der Waals surface area contributed by atoms with Crippen LogP contribution in [0, 0.1) is 6.92 Å². The quantitative estimate of drug-likeness (QED) is 0.465. The third-order valence-corrected chi connectivity index (χ3v) is 4.22. The molecule has 2 aromatic carbocycles. The second kappa shape index (κ2) is 6.88. The molecule has 3 aromatic rings. The molecule has 0 aliphatic heterocycles. The van der Waals surface area contributed by atoms with Gasteiger partial charge in [-0.1, -0.05) is 24.3 Å². The molecule has 0 amide bonds. The van der Waals surface area contributed by atoms with E-state index in [4.69, 9.17) is 5.73 Å². The molecule has 0 spiro atoms. The van der Waals surface area contributed by atoms with Crippen LogP contribution in [0.15, 0.2) is 48.5 Å². The largest absolute Gasteiger partial charge is 0.435 e. The van der Waals surface area contributed by atoms with Crippen LogP contribution in [0.5, 0.6) is 0 Å². The van der Waals surface area contributed by atoms with E-state index < -0.39 is 23.6 Å². The molecule has 0 unspecified atom stereocenters. The van der Waals surface area contributed by atoms with Gasteiger partial charge < -0.3 is 5.73 Å². The number of rotatable bonds is 3. The molecule has 28 heavy (non-hydrogen) atoms. The number of hydrogen-bond acceptors (Lipinski definition) is 2. The summed E-state index contributed by atoms with van der Waals surface area (Å²) in [5.74, 6) is 0. The van der Waals surface area contributed by atoms with Gasteiger partial charge in [0, 0.05) is 11.3 Å². The monoisotopic (exact) mass is 399 g/mol. The molecule has 1 aromatic heterocycles. The molecule has 0 aliphatic carbocycles. The Labute approximate surface area is 156 Å². The lowest BCUT2D eigenvalue weighted by Crippen LogP contribution is -2.09. The number of halogens is 6. The number of hydrogen-bond donors (Lipinski definition) is 1. The summed E-state index contributed by atoms with van der Waals surface area (Å²) < 4.78 is 79.5. The van der Waals surface area contributed by atoms with Crippen molar-refractivity contribution in [3.63, 3.8) is 0 Å². The van der Waals surface area contributed by atoms with Gasteiger partial charge in [0.25, 0.3) is 0 Å². The number of nitrogen functional groups attached to an aromatic ring is 1. The lowest BCUT2D eigenvalue weighted by molar-refractivity contribution is -0.141. The molecule has 0 bridgehead atoms. The molecule has 9 heteroatoms. The van der Waals surface area contributed by atoms with Crippen molar-refractivity contribution in [1.82, 2.24) is 9.78 Å². The average Bonchev–Trinajstić information content (AvgIpc) is 3.02. The topological polar surface area (TPSA) is 43.8 Å². The number of aromatic nitrogens is 2. The van der Waals surface area contributed by atoms with E-state index in [2.05, 4.69) is 5.10 Å². The van der Waals surface area contributed by atoms with Crippen LogP contribution in [0.4, 0.5) is 32.0 Å². The van der Waals surface area contributed by atoms with Crippen molar-refractivity contribution >= 4 is 5.69 Å². The third kappa shape index (κ3) is 4.13. The standard InChI is InChI=1S/C19H15F6N3/c1-11-7-12(5-6-15(11)26)10-28-16(9-17(27-28)19(23,24)25)13-3-2-4-14(8-13)18(20,21)22/h2-9H,10,26H2,1H3. The van der Waals surface area contributed by atoms with Crippen molar-refractivity contribution in [2.75, 3.05) is 5.73 Å². The van der Waals surface area contributed by atoms with Gasteiger partial charge in [-0.05, 0) is 42.3 Å². The molecule has 3 nitrogen and oxygen atoms in total. The third-order valence-electron chi connectivity index (χ3n) is 4.22. The Bertz CT molecular complexity index is 1000. The summed E-state index contributed by atoms with van der Waals surface area (Å²) in [7, 11) is 0. The van der Waals surface area contributed by atoms with Gasteiger partial charge in [0.15, 0.2) is 5.69 Å². The zero-order chi connectivity index (χ0) is 20.7. The van der Waals surface area contributed by atoms with Crippen LogP contribution in [0.3, 0.4) is 0 Å². The Balaban J connectivity index is 2.09. The van der Waals surface area contributed by atoms with E-state index >= 15 is 0 Å². The first-order valence-corrected chi connectivity index (χ1v) is 8.13.